The van der Waals surface area contributed by atoms with Crippen LogP contribution in [0.1, 0.15) is 18.4 Å². The number of aromatic nitrogens is 1. The summed E-state index contributed by atoms with van der Waals surface area (Å²) in [5, 5.41) is 4.48. The molecule has 2 aromatic carbocycles. The molecule has 2 fully saturated rings. The number of amides is 1. The van der Waals surface area contributed by atoms with Crippen LogP contribution in [-0.4, -0.2) is 41.1 Å². The fourth-order valence-electron chi connectivity index (χ4n) is 4.76. The van der Waals surface area contributed by atoms with Crippen molar-refractivity contribution < 1.29 is 4.79 Å². The summed E-state index contributed by atoms with van der Waals surface area (Å²) in [6.07, 6.45) is 5.37. The van der Waals surface area contributed by atoms with E-state index in [0.29, 0.717) is 11.7 Å². The highest BCUT2D eigenvalue weighted by Crippen LogP contribution is 2.37. The molecule has 5 nitrogen and oxygen atoms in total. The Balaban J connectivity index is 1.28. The molecule has 164 valence electrons. The van der Waals surface area contributed by atoms with Gasteiger partial charge in [-0.1, -0.05) is 35.3 Å². The van der Waals surface area contributed by atoms with Crippen LogP contribution in [0.15, 0.2) is 67.0 Å². The SMILES string of the molecule is O=C1NCN(c2ccc(Cl)cc2)C12CCN(Cc1cncc(-c3ccc(Cl)cc3)c1)CC2. The molecule has 2 aliphatic rings. The van der Waals surface area contributed by atoms with E-state index in [4.69, 9.17) is 23.2 Å². The van der Waals surface area contributed by atoms with Crippen LogP contribution in [0.5, 0.6) is 0 Å². The van der Waals surface area contributed by atoms with Crippen LogP contribution in [0.25, 0.3) is 11.1 Å². The van der Waals surface area contributed by atoms with Crippen molar-refractivity contribution in [1.82, 2.24) is 15.2 Å². The molecule has 0 saturated carbocycles. The lowest BCUT2D eigenvalue weighted by atomic mass is 9.85. The third-order valence-corrected chi connectivity index (χ3v) is 7.04. The Morgan fingerprint density at radius 3 is 2.25 bits per heavy atom. The number of carbonyl (C=O) groups excluding carboxylic acids is 1. The highest BCUT2D eigenvalue weighted by molar-refractivity contribution is 6.30. The van der Waals surface area contributed by atoms with Crippen LogP contribution >= 0.6 is 23.2 Å². The zero-order chi connectivity index (χ0) is 22.1. The minimum atomic E-state index is -0.492. The van der Waals surface area contributed by atoms with E-state index in [9.17, 15) is 4.79 Å². The Morgan fingerprint density at radius 2 is 1.56 bits per heavy atom. The Bertz CT molecular complexity index is 1110. The molecular weight excluding hydrogens is 443 g/mol. The summed E-state index contributed by atoms with van der Waals surface area (Å²) in [7, 11) is 0. The molecule has 7 heteroatoms. The predicted molar refractivity (Wildman–Crippen MR) is 129 cm³/mol. The summed E-state index contributed by atoms with van der Waals surface area (Å²) in [6.45, 7) is 3.05. The average molecular weight is 467 g/mol. The summed E-state index contributed by atoms with van der Waals surface area (Å²) < 4.78 is 0. The van der Waals surface area contributed by atoms with E-state index in [1.54, 1.807) is 0 Å². The van der Waals surface area contributed by atoms with Gasteiger partial charge >= 0.3 is 0 Å². The predicted octanol–water partition coefficient (Wildman–Crippen LogP) is 4.98. The van der Waals surface area contributed by atoms with Crippen molar-refractivity contribution in [1.29, 1.82) is 0 Å². The molecule has 1 spiro atoms. The minimum Gasteiger partial charge on any atom is -0.339 e. The van der Waals surface area contributed by atoms with Crippen molar-refractivity contribution in [2.75, 3.05) is 24.7 Å². The second kappa shape index (κ2) is 8.74. The van der Waals surface area contributed by atoms with Crippen molar-refractivity contribution in [2.45, 2.75) is 24.9 Å². The third kappa shape index (κ3) is 4.08. The summed E-state index contributed by atoms with van der Waals surface area (Å²) in [5.74, 6) is 0.124. The van der Waals surface area contributed by atoms with Gasteiger partial charge in [-0.15, -0.1) is 0 Å². The van der Waals surface area contributed by atoms with Crippen LogP contribution in [-0.2, 0) is 11.3 Å². The number of hydrogen-bond donors (Lipinski definition) is 1. The number of halogens is 2. The zero-order valence-corrected chi connectivity index (χ0v) is 19.1. The molecule has 1 amide bonds. The zero-order valence-electron chi connectivity index (χ0n) is 17.6. The number of piperidine rings is 1. The van der Waals surface area contributed by atoms with Gasteiger partial charge in [0.25, 0.3) is 0 Å². The Hall–Kier alpha value is -2.60. The highest BCUT2D eigenvalue weighted by Gasteiger charge is 2.50. The fourth-order valence-corrected chi connectivity index (χ4v) is 5.01. The Kier molecular flexibility index (Phi) is 5.80. The van der Waals surface area contributed by atoms with Gasteiger partial charge in [-0.25, -0.2) is 0 Å². The number of carbonyl (C=O) groups is 1. The molecule has 3 heterocycles. The van der Waals surface area contributed by atoms with E-state index < -0.39 is 5.54 Å². The maximum atomic E-state index is 12.9. The topological polar surface area (TPSA) is 48.5 Å². The van der Waals surface area contributed by atoms with Gasteiger partial charge in [0.05, 0.1) is 6.67 Å². The molecule has 0 aliphatic carbocycles. The molecule has 2 saturated heterocycles. The number of hydrogen-bond acceptors (Lipinski definition) is 4. The van der Waals surface area contributed by atoms with Crippen LogP contribution in [0, 0.1) is 0 Å². The van der Waals surface area contributed by atoms with Gasteiger partial charge in [0.15, 0.2) is 0 Å². The maximum Gasteiger partial charge on any atom is 0.247 e. The molecule has 0 radical (unpaired) electrons. The van der Waals surface area contributed by atoms with Crippen LogP contribution in [0.3, 0.4) is 0 Å². The van der Waals surface area contributed by atoms with Crippen molar-refractivity contribution >= 4 is 34.8 Å². The van der Waals surface area contributed by atoms with E-state index in [-0.39, 0.29) is 5.91 Å². The van der Waals surface area contributed by atoms with Crippen LogP contribution in [0.4, 0.5) is 5.69 Å². The number of rotatable bonds is 4. The first kappa shape index (κ1) is 21.3. The molecule has 32 heavy (non-hydrogen) atoms. The third-order valence-electron chi connectivity index (χ3n) is 6.54. The van der Waals surface area contributed by atoms with Gasteiger partial charge in [-0.2, -0.15) is 0 Å². The largest absolute Gasteiger partial charge is 0.339 e. The van der Waals surface area contributed by atoms with E-state index in [2.05, 4.69) is 26.2 Å². The van der Waals surface area contributed by atoms with Crippen molar-refractivity contribution in [3.63, 3.8) is 0 Å². The average Bonchev–Trinajstić information content (AvgIpc) is 3.12. The minimum absolute atomic E-state index is 0.124. The van der Waals surface area contributed by atoms with Crippen molar-refractivity contribution in [3.8, 4) is 11.1 Å². The number of likely N-dealkylation sites (tertiary alicyclic amines) is 1. The van der Waals surface area contributed by atoms with E-state index in [1.165, 1.54) is 5.56 Å². The van der Waals surface area contributed by atoms with Gasteiger partial charge in [-0.3, -0.25) is 14.7 Å². The van der Waals surface area contributed by atoms with E-state index in [0.717, 1.165) is 54.3 Å². The van der Waals surface area contributed by atoms with Gasteiger partial charge in [0, 0.05) is 53.3 Å². The molecule has 0 unspecified atom stereocenters. The Labute approximate surface area is 198 Å². The highest BCUT2D eigenvalue weighted by atomic mass is 35.5. The maximum absolute atomic E-state index is 12.9. The van der Waals surface area contributed by atoms with Crippen LogP contribution < -0.4 is 10.2 Å². The lowest BCUT2D eigenvalue weighted by Crippen LogP contribution is -2.56. The van der Waals surface area contributed by atoms with E-state index >= 15 is 0 Å². The molecule has 0 bridgehead atoms. The number of pyridine rings is 1. The summed E-state index contributed by atoms with van der Waals surface area (Å²) in [6, 6.07) is 17.7. The molecule has 0 atom stereocenters. The number of benzene rings is 2. The normalized spacial score (nSPS) is 18.2. The first-order chi connectivity index (χ1) is 15.5. The molecule has 2 aliphatic heterocycles. The second-order valence-corrected chi connectivity index (χ2v) is 9.34. The van der Waals surface area contributed by atoms with Gasteiger partial charge in [-0.05, 0) is 66.4 Å². The fraction of sp³-hybridized carbons (Fsp3) is 0.280. The molecule has 5 rings (SSSR count). The Morgan fingerprint density at radius 1 is 0.906 bits per heavy atom. The van der Waals surface area contributed by atoms with Gasteiger partial charge in [0.1, 0.15) is 5.54 Å². The smallest absolute Gasteiger partial charge is 0.247 e. The lowest BCUT2D eigenvalue weighted by Gasteiger charge is -2.43. The second-order valence-electron chi connectivity index (χ2n) is 8.46. The standard InChI is InChI=1S/C25H24Cl2N4O/c26-21-3-1-19(2-4-21)20-13-18(14-28-15-20)16-30-11-9-25(10-12-30)24(32)29-17-31(25)23-7-5-22(27)6-8-23/h1-8,13-15H,9-12,16-17H2,(H,29,32). The van der Waals surface area contributed by atoms with E-state index in [1.807, 2.05) is 60.9 Å². The quantitative estimate of drug-likeness (QED) is 0.588. The molecule has 1 N–H and O–H groups in total. The van der Waals surface area contributed by atoms with Crippen LogP contribution in [0.2, 0.25) is 10.0 Å². The van der Waals surface area contributed by atoms with Gasteiger partial charge in [0.2, 0.25) is 5.91 Å². The first-order valence-electron chi connectivity index (χ1n) is 10.8. The number of anilines is 1. The summed E-state index contributed by atoms with van der Waals surface area (Å²) in [5.41, 5.74) is 3.88. The van der Waals surface area contributed by atoms with Crippen molar-refractivity contribution in [2.24, 2.45) is 0 Å². The summed E-state index contributed by atoms with van der Waals surface area (Å²) in [4.78, 5) is 21.9. The number of nitrogens with zero attached hydrogens (tertiary/aromatic N) is 3. The number of nitrogens with one attached hydrogen (secondary N) is 1. The van der Waals surface area contributed by atoms with Gasteiger partial charge < -0.3 is 10.2 Å². The summed E-state index contributed by atoms with van der Waals surface area (Å²) >= 11 is 12.1. The molecular formula is C25H24Cl2N4O. The first-order valence-corrected chi connectivity index (χ1v) is 11.5. The lowest BCUT2D eigenvalue weighted by molar-refractivity contribution is -0.125. The van der Waals surface area contributed by atoms with Crippen molar-refractivity contribution in [3.05, 3.63) is 82.6 Å². The molecule has 3 aromatic rings. The monoisotopic (exact) mass is 466 g/mol. The molecule has 1 aromatic heterocycles.